The molecule has 0 bridgehead atoms. The van der Waals surface area contributed by atoms with Crippen molar-refractivity contribution in [1.82, 2.24) is 9.88 Å². The molecule has 0 spiro atoms. The molecule has 0 aliphatic rings. The van der Waals surface area contributed by atoms with Gasteiger partial charge in [0.15, 0.2) is 0 Å². The van der Waals surface area contributed by atoms with Crippen LogP contribution in [0.5, 0.6) is 0 Å². The fourth-order valence-corrected chi connectivity index (χ4v) is 1.84. The van der Waals surface area contributed by atoms with Crippen LogP contribution in [0.15, 0.2) is 0 Å². The zero-order valence-corrected chi connectivity index (χ0v) is 12.9. The molecule has 0 atom stereocenters. The van der Waals surface area contributed by atoms with E-state index in [0.717, 1.165) is 0 Å². The molecule has 7 nitrogen and oxygen atoms in total. The molecule has 1 rings (SSSR count). The van der Waals surface area contributed by atoms with Gasteiger partial charge < -0.3 is 19.4 Å². The number of nitrogens with one attached hydrogen (secondary N) is 1. The van der Waals surface area contributed by atoms with Crippen molar-refractivity contribution in [3.8, 4) is 0 Å². The van der Waals surface area contributed by atoms with Crippen LogP contribution in [0.1, 0.15) is 50.7 Å². The van der Waals surface area contributed by atoms with Crippen LogP contribution in [0.3, 0.4) is 0 Å². The van der Waals surface area contributed by atoms with Crippen LogP contribution in [-0.2, 0) is 9.47 Å². The molecular weight excluding hydrogens is 276 g/mol. The van der Waals surface area contributed by atoms with Gasteiger partial charge in [-0.15, -0.1) is 0 Å². The van der Waals surface area contributed by atoms with E-state index in [2.05, 4.69) is 4.98 Å². The highest BCUT2D eigenvalue weighted by Crippen LogP contribution is 2.21. The van der Waals surface area contributed by atoms with Gasteiger partial charge in [0.05, 0.1) is 18.8 Å². The lowest BCUT2D eigenvalue weighted by Gasteiger charge is -2.10. The molecule has 21 heavy (non-hydrogen) atoms. The quantitative estimate of drug-likeness (QED) is 0.829. The average molecular weight is 296 g/mol. The average Bonchev–Trinajstić information content (AvgIpc) is 2.76. The number of rotatable bonds is 5. The SMILES string of the molecule is CCOC(=O)c1[nH]c(C(=O)N(C)C)c(C(=O)OCC)c1C. The molecule has 1 heterocycles. The van der Waals surface area contributed by atoms with E-state index in [1.165, 1.54) is 4.90 Å². The zero-order valence-electron chi connectivity index (χ0n) is 12.9. The summed E-state index contributed by atoms with van der Waals surface area (Å²) in [6.07, 6.45) is 0. The third kappa shape index (κ3) is 3.42. The maximum absolute atomic E-state index is 12.2. The first kappa shape index (κ1) is 16.7. The van der Waals surface area contributed by atoms with Gasteiger partial charge in [-0.05, 0) is 26.3 Å². The Bertz CT molecular complexity index is 560. The Balaban J connectivity index is 3.40. The molecule has 0 saturated carbocycles. The molecule has 1 N–H and O–H groups in total. The summed E-state index contributed by atoms with van der Waals surface area (Å²) in [4.78, 5) is 40.1. The normalized spacial score (nSPS) is 10.1. The van der Waals surface area contributed by atoms with Crippen molar-refractivity contribution in [1.29, 1.82) is 0 Å². The van der Waals surface area contributed by atoms with Crippen molar-refractivity contribution in [3.63, 3.8) is 0 Å². The minimum absolute atomic E-state index is 0.0269. The Morgan fingerprint density at radius 2 is 1.52 bits per heavy atom. The molecule has 0 saturated heterocycles. The molecule has 1 amide bonds. The highest BCUT2D eigenvalue weighted by atomic mass is 16.5. The number of hydrogen-bond acceptors (Lipinski definition) is 5. The van der Waals surface area contributed by atoms with E-state index >= 15 is 0 Å². The molecule has 0 unspecified atom stereocenters. The van der Waals surface area contributed by atoms with Crippen molar-refractivity contribution < 1.29 is 23.9 Å². The monoisotopic (exact) mass is 296 g/mol. The van der Waals surface area contributed by atoms with Crippen LogP contribution >= 0.6 is 0 Å². The van der Waals surface area contributed by atoms with Gasteiger partial charge in [0, 0.05) is 14.1 Å². The molecular formula is C14H20N2O5. The maximum atomic E-state index is 12.2. The van der Waals surface area contributed by atoms with Gasteiger partial charge in [-0.1, -0.05) is 0 Å². The lowest BCUT2D eigenvalue weighted by molar-refractivity contribution is 0.0516. The van der Waals surface area contributed by atoms with Gasteiger partial charge in [-0.3, -0.25) is 4.79 Å². The van der Waals surface area contributed by atoms with Crippen LogP contribution in [0.2, 0.25) is 0 Å². The van der Waals surface area contributed by atoms with Crippen molar-refractivity contribution in [2.24, 2.45) is 0 Å². The molecule has 7 heteroatoms. The molecule has 0 fully saturated rings. The lowest BCUT2D eigenvalue weighted by Crippen LogP contribution is -2.24. The third-order valence-corrected chi connectivity index (χ3v) is 2.83. The summed E-state index contributed by atoms with van der Waals surface area (Å²) >= 11 is 0. The largest absolute Gasteiger partial charge is 0.462 e. The van der Waals surface area contributed by atoms with Crippen LogP contribution in [0.4, 0.5) is 0 Å². The lowest BCUT2D eigenvalue weighted by atomic mass is 10.1. The third-order valence-electron chi connectivity index (χ3n) is 2.83. The summed E-state index contributed by atoms with van der Waals surface area (Å²) < 4.78 is 9.86. The summed E-state index contributed by atoms with van der Waals surface area (Å²) in [5.41, 5.74) is 0.528. The fourth-order valence-electron chi connectivity index (χ4n) is 1.84. The number of H-pyrrole nitrogens is 1. The number of carbonyl (C=O) groups excluding carboxylic acids is 3. The summed E-state index contributed by atoms with van der Waals surface area (Å²) in [6, 6.07) is 0. The standard InChI is InChI=1S/C14H20N2O5/c1-6-20-13(18)9-8(3)10(14(19)21-7-2)15-11(9)12(17)16(4)5/h15H,6-7H2,1-5H3. The van der Waals surface area contributed by atoms with Gasteiger partial charge in [0.2, 0.25) is 0 Å². The van der Waals surface area contributed by atoms with E-state index in [0.29, 0.717) is 5.56 Å². The number of carbonyl (C=O) groups is 3. The van der Waals surface area contributed by atoms with Gasteiger partial charge in [-0.25, -0.2) is 9.59 Å². The summed E-state index contributed by atoms with van der Waals surface area (Å²) in [7, 11) is 3.11. The maximum Gasteiger partial charge on any atom is 0.355 e. The predicted octanol–water partition coefficient (Wildman–Crippen LogP) is 1.38. The topological polar surface area (TPSA) is 88.7 Å². The first-order valence-electron chi connectivity index (χ1n) is 6.63. The number of aromatic nitrogens is 1. The van der Waals surface area contributed by atoms with E-state index < -0.39 is 17.8 Å². The first-order valence-corrected chi connectivity index (χ1v) is 6.63. The summed E-state index contributed by atoms with van der Waals surface area (Å²) in [5, 5.41) is 0. The molecule has 0 aliphatic heterocycles. The van der Waals surface area contributed by atoms with E-state index in [-0.39, 0.29) is 30.2 Å². The molecule has 1 aromatic rings. The smallest absolute Gasteiger partial charge is 0.355 e. The Hall–Kier alpha value is -2.31. The minimum Gasteiger partial charge on any atom is -0.462 e. The van der Waals surface area contributed by atoms with Crippen LogP contribution < -0.4 is 0 Å². The van der Waals surface area contributed by atoms with E-state index in [1.807, 2.05) is 0 Å². The van der Waals surface area contributed by atoms with Crippen molar-refractivity contribution in [3.05, 3.63) is 22.5 Å². The second-order valence-electron chi connectivity index (χ2n) is 4.52. The predicted molar refractivity (Wildman–Crippen MR) is 75.5 cm³/mol. The van der Waals surface area contributed by atoms with Crippen molar-refractivity contribution in [2.75, 3.05) is 27.3 Å². The van der Waals surface area contributed by atoms with Gasteiger partial charge in [-0.2, -0.15) is 0 Å². The molecule has 0 aromatic carbocycles. The van der Waals surface area contributed by atoms with Crippen molar-refractivity contribution in [2.45, 2.75) is 20.8 Å². The Labute approximate surface area is 123 Å². The van der Waals surface area contributed by atoms with E-state index in [1.54, 1.807) is 34.9 Å². The van der Waals surface area contributed by atoms with E-state index in [9.17, 15) is 14.4 Å². The highest BCUT2D eigenvalue weighted by molar-refractivity contribution is 6.08. The number of nitrogens with zero attached hydrogens (tertiary/aromatic N) is 1. The van der Waals surface area contributed by atoms with Gasteiger partial charge in [0.25, 0.3) is 5.91 Å². The first-order chi connectivity index (χ1) is 9.84. The molecule has 0 aliphatic carbocycles. The second-order valence-corrected chi connectivity index (χ2v) is 4.52. The Morgan fingerprint density at radius 1 is 1.00 bits per heavy atom. The highest BCUT2D eigenvalue weighted by Gasteiger charge is 2.29. The summed E-state index contributed by atoms with van der Waals surface area (Å²) in [5.74, 6) is -1.68. The molecule has 1 aromatic heterocycles. The number of ether oxygens (including phenoxy) is 2. The van der Waals surface area contributed by atoms with Gasteiger partial charge in [0.1, 0.15) is 11.4 Å². The van der Waals surface area contributed by atoms with Crippen molar-refractivity contribution >= 4 is 17.8 Å². The fraction of sp³-hybridized carbons (Fsp3) is 0.500. The van der Waals surface area contributed by atoms with Crippen LogP contribution in [0.25, 0.3) is 0 Å². The van der Waals surface area contributed by atoms with Crippen LogP contribution in [-0.4, -0.2) is 55.0 Å². The molecule has 0 radical (unpaired) electrons. The zero-order chi connectivity index (χ0) is 16.2. The second kappa shape index (κ2) is 6.92. The number of esters is 2. The number of amides is 1. The van der Waals surface area contributed by atoms with Crippen LogP contribution in [0, 0.1) is 6.92 Å². The van der Waals surface area contributed by atoms with E-state index in [4.69, 9.17) is 9.47 Å². The number of hydrogen-bond donors (Lipinski definition) is 1. The Morgan fingerprint density at radius 3 is 2.00 bits per heavy atom. The molecule has 116 valence electrons. The minimum atomic E-state index is -0.646. The number of aromatic amines is 1. The van der Waals surface area contributed by atoms with Gasteiger partial charge >= 0.3 is 11.9 Å². The summed E-state index contributed by atoms with van der Waals surface area (Å²) in [6.45, 7) is 5.28. The Kier molecular flexibility index (Phi) is 5.52.